The molecule has 0 aliphatic carbocycles. The molecule has 0 bridgehead atoms. The van der Waals surface area contributed by atoms with Gasteiger partial charge < -0.3 is 4.74 Å². The number of hydrogen-bond acceptors (Lipinski definition) is 1. The van der Waals surface area contributed by atoms with Crippen LogP contribution in [0.5, 0.6) is 5.75 Å². The Morgan fingerprint density at radius 1 is 0.600 bits per heavy atom. The lowest BCUT2D eigenvalue weighted by Crippen LogP contribution is -1.90. The van der Waals surface area contributed by atoms with Crippen molar-refractivity contribution < 1.29 is 4.74 Å². The summed E-state index contributed by atoms with van der Waals surface area (Å²) in [5.41, 5.74) is 0. The van der Waals surface area contributed by atoms with E-state index in [2.05, 4.69) is 69.9 Å². The molecule has 2 heteroatoms. The Morgan fingerprint density at radius 2 is 1.08 bits per heavy atom. The van der Waals surface area contributed by atoms with Crippen molar-refractivity contribution >= 4 is 36.1 Å². The number of rotatable bonds is 1. The summed E-state index contributed by atoms with van der Waals surface area (Å²) < 4.78 is 5.23. The van der Waals surface area contributed by atoms with Crippen LogP contribution in [0.3, 0.4) is 0 Å². The van der Waals surface area contributed by atoms with E-state index in [0.717, 1.165) is 5.75 Å². The van der Waals surface area contributed by atoms with Crippen molar-refractivity contribution in [1.82, 2.24) is 0 Å². The summed E-state index contributed by atoms with van der Waals surface area (Å²) in [7, 11) is 4.44. The molecule has 4 aromatic rings. The molecule has 0 saturated heterocycles. The van der Waals surface area contributed by atoms with Crippen LogP contribution in [0.2, 0.25) is 0 Å². The molecule has 0 heterocycles. The Bertz CT molecular complexity index is 920. The van der Waals surface area contributed by atoms with Gasteiger partial charge in [0.2, 0.25) is 0 Å². The van der Waals surface area contributed by atoms with Gasteiger partial charge in [-0.25, -0.2) is 0 Å². The third-order valence-electron chi connectivity index (χ3n) is 3.79. The molecule has 0 spiro atoms. The summed E-state index contributed by atoms with van der Waals surface area (Å²) in [6.45, 7) is 4.00. The molecule has 4 aromatic carbocycles. The average Bonchev–Trinajstić information content (AvgIpc) is 2.70. The number of methoxy groups -OCH3 is 1. The van der Waals surface area contributed by atoms with Crippen LogP contribution in [0, 0.1) is 0 Å². The fourth-order valence-corrected chi connectivity index (χ4v) is 3.00. The quantitative estimate of drug-likeness (QED) is 0.371. The first-order chi connectivity index (χ1) is 12.3. The second kappa shape index (κ2) is 9.81. The van der Waals surface area contributed by atoms with Crippen LogP contribution in [0.15, 0.2) is 84.9 Å². The zero-order valence-corrected chi connectivity index (χ0v) is 16.2. The molecule has 0 radical (unpaired) electrons. The number of hydrogen-bond donors (Lipinski definition) is 0. The molecular weight excluding hydrogens is 323 g/mol. The van der Waals surface area contributed by atoms with Crippen LogP contribution in [0.25, 0.3) is 21.5 Å². The second-order valence-electron chi connectivity index (χ2n) is 5.25. The van der Waals surface area contributed by atoms with E-state index in [0.29, 0.717) is 0 Å². The fourth-order valence-electron chi connectivity index (χ4n) is 2.62. The van der Waals surface area contributed by atoms with Crippen LogP contribution in [-0.4, -0.2) is 7.11 Å². The van der Waals surface area contributed by atoms with Gasteiger partial charge in [-0.15, -0.1) is 9.24 Å². The molecule has 128 valence electrons. The first-order valence-corrected chi connectivity index (χ1v) is 9.12. The minimum atomic E-state index is 0.938. The van der Waals surface area contributed by atoms with Gasteiger partial charge in [0.1, 0.15) is 5.75 Å². The van der Waals surface area contributed by atoms with E-state index in [1.807, 2.05) is 38.1 Å². The Hall–Kier alpha value is -2.37. The van der Waals surface area contributed by atoms with Crippen LogP contribution < -0.4 is 10.0 Å². The van der Waals surface area contributed by atoms with Gasteiger partial charge in [0.25, 0.3) is 0 Å². The molecule has 0 fully saturated rings. The monoisotopic (exact) mass is 348 g/mol. The van der Waals surface area contributed by atoms with Crippen molar-refractivity contribution in [1.29, 1.82) is 0 Å². The van der Waals surface area contributed by atoms with E-state index in [-0.39, 0.29) is 0 Å². The van der Waals surface area contributed by atoms with Gasteiger partial charge in [-0.2, -0.15) is 0 Å². The number of ether oxygens (including phenoxy) is 1. The molecule has 0 aliphatic rings. The van der Waals surface area contributed by atoms with Gasteiger partial charge in [-0.3, -0.25) is 0 Å². The fraction of sp³-hybridized carbons (Fsp3) is 0.130. The molecule has 1 unspecified atom stereocenters. The van der Waals surface area contributed by atoms with E-state index in [4.69, 9.17) is 4.74 Å². The summed E-state index contributed by atoms with van der Waals surface area (Å²) in [6.07, 6.45) is 0. The molecule has 0 aromatic heterocycles. The van der Waals surface area contributed by atoms with Gasteiger partial charge in [-0.1, -0.05) is 92.7 Å². The van der Waals surface area contributed by atoms with E-state index in [9.17, 15) is 0 Å². The number of fused-ring (bicyclic) bond motifs is 2. The topological polar surface area (TPSA) is 9.23 Å². The minimum Gasteiger partial charge on any atom is -0.496 e. The van der Waals surface area contributed by atoms with Crippen molar-refractivity contribution in [2.45, 2.75) is 13.8 Å². The van der Waals surface area contributed by atoms with Gasteiger partial charge >= 0.3 is 0 Å². The summed E-state index contributed by atoms with van der Waals surface area (Å²) in [5.74, 6) is 0.938. The van der Waals surface area contributed by atoms with E-state index in [1.54, 1.807) is 7.11 Å². The van der Waals surface area contributed by atoms with Crippen LogP contribution in [0.1, 0.15) is 13.8 Å². The molecule has 4 rings (SSSR count). The zero-order chi connectivity index (χ0) is 18.1. The Balaban J connectivity index is 0.000000165. The third-order valence-corrected chi connectivity index (χ3v) is 4.30. The lowest BCUT2D eigenvalue weighted by atomic mass is 10.1. The lowest BCUT2D eigenvalue weighted by Gasteiger charge is -2.03. The maximum atomic E-state index is 5.23. The molecule has 0 saturated carbocycles. The Morgan fingerprint density at radius 3 is 1.68 bits per heavy atom. The molecule has 0 N–H and O–H groups in total. The van der Waals surface area contributed by atoms with Crippen molar-refractivity contribution in [3.8, 4) is 5.75 Å². The predicted molar refractivity (Wildman–Crippen MR) is 115 cm³/mol. The molecule has 0 amide bonds. The Kier molecular flexibility index (Phi) is 7.44. The maximum Gasteiger partial charge on any atom is 0.126 e. The van der Waals surface area contributed by atoms with Gasteiger partial charge in [0, 0.05) is 5.39 Å². The Labute approximate surface area is 152 Å². The van der Waals surface area contributed by atoms with Crippen molar-refractivity contribution in [3.05, 3.63) is 84.9 Å². The second-order valence-corrected chi connectivity index (χ2v) is 5.87. The molecule has 25 heavy (non-hydrogen) atoms. The highest BCUT2D eigenvalue weighted by molar-refractivity contribution is 7.28. The highest BCUT2D eigenvalue weighted by atomic mass is 31.0. The standard InChI is InChI=1S/C11H10O.C10H9P.C2H6/c1-12-11-8-4-6-9-5-2-3-7-10(9)11;11-10-7-3-5-8-4-1-2-6-9(8)10;1-2/h2-8H,1H3;1-7H,11H2;1-2H3. The summed E-state index contributed by atoms with van der Waals surface area (Å²) >= 11 is 0. The van der Waals surface area contributed by atoms with Crippen molar-refractivity contribution in [2.24, 2.45) is 0 Å². The van der Waals surface area contributed by atoms with Crippen LogP contribution in [0.4, 0.5) is 0 Å². The SMILES string of the molecule is CC.COc1cccc2ccccc12.Pc1cccc2ccccc12. The normalized spacial score (nSPS) is 9.60. The number of benzene rings is 4. The zero-order valence-electron chi connectivity index (χ0n) is 15.1. The maximum absolute atomic E-state index is 5.23. The molecule has 1 atom stereocenters. The van der Waals surface area contributed by atoms with E-state index < -0.39 is 0 Å². The third kappa shape index (κ3) is 4.81. The highest BCUT2D eigenvalue weighted by Gasteiger charge is 1.97. The van der Waals surface area contributed by atoms with Crippen LogP contribution in [-0.2, 0) is 0 Å². The minimum absolute atomic E-state index is 0.938. The largest absolute Gasteiger partial charge is 0.496 e. The predicted octanol–water partition coefficient (Wildman–Crippen LogP) is 6.21. The summed E-state index contributed by atoms with van der Waals surface area (Å²) in [5, 5.41) is 6.28. The summed E-state index contributed by atoms with van der Waals surface area (Å²) in [4.78, 5) is 0. The molecule has 0 aliphatic heterocycles. The van der Waals surface area contributed by atoms with Gasteiger partial charge in [0.15, 0.2) is 0 Å². The first-order valence-electron chi connectivity index (χ1n) is 8.54. The molecular formula is C23H25OP. The van der Waals surface area contributed by atoms with Gasteiger partial charge in [0.05, 0.1) is 7.11 Å². The van der Waals surface area contributed by atoms with Gasteiger partial charge in [-0.05, 0) is 27.5 Å². The van der Waals surface area contributed by atoms with Crippen molar-refractivity contribution in [2.75, 3.05) is 7.11 Å². The highest BCUT2D eigenvalue weighted by Crippen LogP contribution is 2.24. The average molecular weight is 348 g/mol. The lowest BCUT2D eigenvalue weighted by molar-refractivity contribution is 0.420. The molecule has 1 nitrogen and oxygen atoms in total. The van der Waals surface area contributed by atoms with E-state index >= 15 is 0 Å². The summed E-state index contributed by atoms with van der Waals surface area (Å²) in [6, 6.07) is 28.9. The first kappa shape index (κ1) is 19.0. The van der Waals surface area contributed by atoms with Crippen molar-refractivity contribution in [3.63, 3.8) is 0 Å². The van der Waals surface area contributed by atoms with E-state index in [1.165, 1.54) is 26.8 Å². The smallest absolute Gasteiger partial charge is 0.126 e. The van der Waals surface area contributed by atoms with Crippen LogP contribution >= 0.6 is 9.24 Å².